The predicted octanol–water partition coefficient (Wildman–Crippen LogP) is 2.99. The smallest absolute Gasteiger partial charge is 0.110 e. The molecule has 1 aliphatic heterocycles. The first-order chi connectivity index (χ1) is 9.74. The van der Waals surface area contributed by atoms with Crippen LogP contribution in [0.3, 0.4) is 0 Å². The predicted molar refractivity (Wildman–Crippen MR) is 84.2 cm³/mol. The molecule has 0 saturated carbocycles. The van der Waals surface area contributed by atoms with Gasteiger partial charge in [0.2, 0.25) is 0 Å². The molecule has 0 saturated heterocycles. The molecule has 2 atom stereocenters. The maximum absolute atomic E-state index is 4.56. The minimum absolute atomic E-state index is 0.322. The van der Waals surface area contributed by atoms with Crippen LogP contribution in [0.2, 0.25) is 0 Å². The molecule has 20 heavy (non-hydrogen) atoms. The first-order valence-electron chi connectivity index (χ1n) is 7.18. The fourth-order valence-corrected chi connectivity index (χ4v) is 3.57. The summed E-state index contributed by atoms with van der Waals surface area (Å²) in [5.41, 5.74) is 4.04. The van der Waals surface area contributed by atoms with Crippen LogP contribution in [-0.2, 0) is 6.54 Å². The topological polar surface area (TPSA) is 37.0 Å². The molecule has 0 radical (unpaired) electrons. The molecule has 2 heterocycles. The van der Waals surface area contributed by atoms with E-state index < -0.39 is 0 Å². The number of nitrogens with zero attached hydrogens (tertiary/aromatic N) is 1. The van der Waals surface area contributed by atoms with Crippen molar-refractivity contribution in [2.45, 2.75) is 32.4 Å². The van der Waals surface area contributed by atoms with Crippen LogP contribution in [-0.4, -0.2) is 18.1 Å². The summed E-state index contributed by atoms with van der Waals surface area (Å²) in [6.45, 7) is 7.28. The number of fused-ring (bicyclic) bond motifs is 1. The first kappa shape index (κ1) is 13.7. The van der Waals surface area contributed by atoms with E-state index in [-0.39, 0.29) is 0 Å². The maximum Gasteiger partial charge on any atom is 0.110 e. The van der Waals surface area contributed by atoms with Gasteiger partial charge in [0.1, 0.15) is 5.01 Å². The van der Waals surface area contributed by atoms with Gasteiger partial charge in [-0.05, 0) is 25.0 Å². The molecule has 1 aliphatic rings. The van der Waals surface area contributed by atoms with Gasteiger partial charge in [-0.15, -0.1) is 11.3 Å². The van der Waals surface area contributed by atoms with E-state index in [0.29, 0.717) is 12.0 Å². The quantitative estimate of drug-likeness (QED) is 0.907. The number of hydrogen-bond donors (Lipinski definition) is 2. The molecule has 106 valence electrons. The molecule has 1 aromatic carbocycles. The SMILES string of the molecule is Cc1csc(C(C)NCC2CNCc3ccccc32)n1. The van der Waals surface area contributed by atoms with Gasteiger partial charge in [-0.2, -0.15) is 0 Å². The Morgan fingerprint density at radius 2 is 2.30 bits per heavy atom. The number of aryl methyl sites for hydroxylation is 1. The molecule has 0 aliphatic carbocycles. The van der Waals surface area contributed by atoms with E-state index in [1.807, 2.05) is 6.92 Å². The summed E-state index contributed by atoms with van der Waals surface area (Å²) in [5, 5.41) is 10.4. The van der Waals surface area contributed by atoms with Gasteiger partial charge in [0, 0.05) is 36.6 Å². The first-order valence-corrected chi connectivity index (χ1v) is 8.06. The third-order valence-corrected chi connectivity index (χ3v) is 5.02. The van der Waals surface area contributed by atoms with E-state index in [1.165, 1.54) is 16.1 Å². The van der Waals surface area contributed by atoms with Crippen molar-refractivity contribution in [3.05, 3.63) is 51.5 Å². The van der Waals surface area contributed by atoms with Gasteiger partial charge < -0.3 is 10.6 Å². The zero-order valence-corrected chi connectivity index (χ0v) is 12.8. The van der Waals surface area contributed by atoms with E-state index in [0.717, 1.165) is 25.3 Å². The number of thiazole rings is 1. The lowest BCUT2D eigenvalue weighted by Gasteiger charge is -2.27. The second kappa shape index (κ2) is 6.04. The Morgan fingerprint density at radius 1 is 1.45 bits per heavy atom. The summed E-state index contributed by atoms with van der Waals surface area (Å²) in [6.07, 6.45) is 0. The molecule has 0 bridgehead atoms. The molecule has 4 heteroatoms. The zero-order chi connectivity index (χ0) is 13.9. The lowest BCUT2D eigenvalue weighted by Crippen LogP contribution is -2.35. The highest BCUT2D eigenvalue weighted by Crippen LogP contribution is 2.24. The average Bonchev–Trinajstić information content (AvgIpc) is 2.91. The third-order valence-electron chi connectivity index (χ3n) is 3.88. The summed E-state index contributed by atoms with van der Waals surface area (Å²) in [5.74, 6) is 0.545. The summed E-state index contributed by atoms with van der Waals surface area (Å²) in [6, 6.07) is 9.08. The summed E-state index contributed by atoms with van der Waals surface area (Å²) < 4.78 is 0. The van der Waals surface area contributed by atoms with Crippen LogP contribution in [0.1, 0.15) is 40.7 Å². The van der Waals surface area contributed by atoms with Gasteiger partial charge in [0.05, 0.1) is 6.04 Å². The second-order valence-electron chi connectivity index (χ2n) is 5.48. The molecule has 0 fully saturated rings. The summed E-state index contributed by atoms with van der Waals surface area (Å²) in [7, 11) is 0. The van der Waals surface area contributed by atoms with Crippen molar-refractivity contribution in [3.63, 3.8) is 0 Å². The maximum atomic E-state index is 4.56. The van der Waals surface area contributed by atoms with Gasteiger partial charge in [-0.25, -0.2) is 4.98 Å². The van der Waals surface area contributed by atoms with E-state index in [4.69, 9.17) is 0 Å². The molecule has 0 spiro atoms. The van der Waals surface area contributed by atoms with Crippen LogP contribution in [0.4, 0.5) is 0 Å². The Hall–Kier alpha value is -1.23. The van der Waals surface area contributed by atoms with Crippen LogP contribution in [0.25, 0.3) is 0 Å². The van der Waals surface area contributed by atoms with Crippen LogP contribution >= 0.6 is 11.3 Å². The van der Waals surface area contributed by atoms with Crippen molar-refractivity contribution < 1.29 is 0 Å². The number of aromatic nitrogens is 1. The van der Waals surface area contributed by atoms with Gasteiger partial charge in [-0.1, -0.05) is 24.3 Å². The molecule has 2 N–H and O–H groups in total. The van der Waals surface area contributed by atoms with Crippen molar-refractivity contribution in [2.75, 3.05) is 13.1 Å². The van der Waals surface area contributed by atoms with Crippen LogP contribution in [0.5, 0.6) is 0 Å². The van der Waals surface area contributed by atoms with Gasteiger partial charge in [0.15, 0.2) is 0 Å². The fraction of sp³-hybridized carbons (Fsp3) is 0.438. The second-order valence-corrected chi connectivity index (χ2v) is 6.37. The number of rotatable bonds is 4. The van der Waals surface area contributed by atoms with Crippen molar-refractivity contribution in [2.24, 2.45) is 0 Å². The van der Waals surface area contributed by atoms with Crippen LogP contribution in [0, 0.1) is 6.92 Å². The zero-order valence-electron chi connectivity index (χ0n) is 12.0. The molecule has 2 unspecified atom stereocenters. The number of benzene rings is 1. The standard InChI is InChI=1S/C16H21N3S/c1-11-10-20-16(19-11)12(2)18-9-14-8-17-7-13-5-3-4-6-15(13)14/h3-6,10,12,14,17-18H,7-9H2,1-2H3. The summed E-state index contributed by atoms with van der Waals surface area (Å²) in [4.78, 5) is 4.56. The van der Waals surface area contributed by atoms with Gasteiger partial charge in [-0.3, -0.25) is 0 Å². The lowest BCUT2D eigenvalue weighted by atomic mass is 9.91. The fourth-order valence-electron chi connectivity index (χ4n) is 2.74. The highest BCUT2D eigenvalue weighted by Gasteiger charge is 2.20. The number of hydrogen-bond acceptors (Lipinski definition) is 4. The molecule has 2 aromatic rings. The number of nitrogens with one attached hydrogen (secondary N) is 2. The van der Waals surface area contributed by atoms with E-state index in [1.54, 1.807) is 11.3 Å². The van der Waals surface area contributed by atoms with Gasteiger partial charge >= 0.3 is 0 Å². The van der Waals surface area contributed by atoms with Crippen molar-refractivity contribution in [3.8, 4) is 0 Å². The van der Waals surface area contributed by atoms with Crippen molar-refractivity contribution in [1.82, 2.24) is 15.6 Å². The Balaban J connectivity index is 1.65. The molecule has 3 nitrogen and oxygen atoms in total. The Bertz CT molecular complexity index is 579. The minimum atomic E-state index is 0.322. The van der Waals surface area contributed by atoms with Crippen LogP contribution < -0.4 is 10.6 Å². The largest absolute Gasteiger partial charge is 0.312 e. The molecular weight excluding hydrogens is 266 g/mol. The van der Waals surface area contributed by atoms with E-state index in [2.05, 4.69) is 52.2 Å². The summed E-state index contributed by atoms with van der Waals surface area (Å²) >= 11 is 1.74. The minimum Gasteiger partial charge on any atom is -0.312 e. The average molecular weight is 287 g/mol. The van der Waals surface area contributed by atoms with E-state index >= 15 is 0 Å². The lowest BCUT2D eigenvalue weighted by molar-refractivity contribution is 0.471. The Morgan fingerprint density at radius 3 is 3.10 bits per heavy atom. The van der Waals surface area contributed by atoms with E-state index in [9.17, 15) is 0 Å². The monoisotopic (exact) mass is 287 g/mol. The molecule has 1 aromatic heterocycles. The molecule has 0 amide bonds. The normalized spacial score (nSPS) is 19.6. The Labute approximate surface area is 124 Å². The van der Waals surface area contributed by atoms with Crippen LogP contribution in [0.15, 0.2) is 29.6 Å². The Kier molecular flexibility index (Phi) is 4.15. The third kappa shape index (κ3) is 2.92. The highest BCUT2D eigenvalue weighted by molar-refractivity contribution is 7.09. The highest BCUT2D eigenvalue weighted by atomic mass is 32.1. The van der Waals surface area contributed by atoms with Crippen molar-refractivity contribution >= 4 is 11.3 Å². The molecular formula is C16H21N3S. The molecule has 3 rings (SSSR count). The van der Waals surface area contributed by atoms with Crippen molar-refractivity contribution in [1.29, 1.82) is 0 Å². The van der Waals surface area contributed by atoms with Gasteiger partial charge in [0.25, 0.3) is 0 Å².